The summed E-state index contributed by atoms with van der Waals surface area (Å²) in [7, 11) is 1.60. The van der Waals surface area contributed by atoms with Crippen LogP contribution >= 0.6 is 11.3 Å². The molecule has 2 aromatic rings. The third kappa shape index (κ3) is 3.39. The Bertz CT molecular complexity index is 488. The van der Waals surface area contributed by atoms with Crippen LogP contribution < -0.4 is 16.6 Å². The molecule has 0 radical (unpaired) electrons. The van der Waals surface area contributed by atoms with Crippen LogP contribution in [0.1, 0.15) is 10.7 Å². The fourth-order valence-corrected chi connectivity index (χ4v) is 2.09. The fourth-order valence-electron chi connectivity index (χ4n) is 1.45. The molecule has 0 aliphatic rings. The number of anilines is 2. The van der Waals surface area contributed by atoms with Crippen molar-refractivity contribution >= 4 is 23.0 Å². The van der Waals surface area contributed by atoms with Crippen molar-refractivity contribution in [3.63, 3.8) is 0 Å². The summed E-state index contributed by atoms with van der Waals surface area (Å²) in [5.74, 6) is 7.23. The highest BCUT2D eigenvalue weighted by Crippen LogP contribution is 2.14. The summed E-state index contributed by atoms with van der Waals surface area (Å²) >= 11 is 1.70. The summed E-state index contributed by atoms with van der Waals surface area (Å²) in [6.45, 7) is 1.08. The minimum absolute atomic E-state index is 0.350. The maximum absolute atomic E-state index is 5.37. The SMILES string of the molecule is COCc1nc(NN)cc(NCc2cccs2)n1. The summed E-state index contributed by atoms with van der Waals surface area (Å²) in [6, 6.07) is 5.84. The maximum atomic E-state index is 5.37. The van der Waals surface area contributed by atoms with Crippen molar-refractivity contribution in [3.8, 4) is 0 Å². The minimum atomic E-state index is 0.350. The summed E-state index contributed by atoms with van der Waals surface area (Å²) in [5.41, 5.74) is 2.52. The first kappa shape index (κ1) is 12.7. The largest absolute Gasteiger partial charge is 0.377 e. The Labute approximate surface area is 109 Å². The lowest BCUT2D eigenvalue weighted by molar-refractivity contribution is 0.178. The second-order valence-electron chi connectivity index (χ2n) is 3.56. The molecule has 2 aromatic heterocycles. The van der Waals surface area contributed by atoms with Crippen molar-refractivity contribution in [2.75, 3.05) is 17.9 Å². The molecule has 0 aromatic carbocycles. The van der Waals surface area contributed by atoms with Crippen LogP contribution in [0.15, 0.2) is 23.6 Å². The molecule has 0 aliphatic carbocycles. The van der Waals surface area contributed by atoms with Gasteiger partial charge in [-0.05, 0) is 11.4 Å². The topological polar surface area (TPSA) is 85.1 Å². The Morgan fingerprint density at radius 1 is 1.39 bits per heavy atom. The zero-order chi connectivity index (χ0) is 12.8. The molecule has 2 rings (SSSR count). The highest BCUT2D eigenvalue weighted by molar-refractivity contribution is 7.09. The molecule has 0 spiro atoms. The zero-order valence-corrected chi connectivity index (χ0v) is 10.8. The summed E-state index contributed by atoms with van der Waals surface area (Å²) < 4.78 is 5.01. The molecule has 0 bridgehead atoms. The van der Waals surface area contributed by atoms with Gasteiger partial charge in [0.25, 0.3) is 0 Å². The first-order valence-corrected chi connectivity index (χ1v) is 6.29. The molecule has 0 amide bonds. The highest BCUT2D eigenvalue weighted by atomic mass is 32.1. The van der Waals surface area contributed by atoms with E-state index in [2.05, 4.69) is 26.8 Å². The van der Waals surface area contributed by atoms with Crippen LogP contribution in [0, 0.1) is 0 Å². The van der Waals surface area contributed by atoms with E-state index in [1.165, 1.54) is 4.88 Å². The number of ether oxygens (including phenoxy) is 1. The third-order valence-corrected chi connectivity index (χ3v) is 3.09. The molecule has 0 unspecified atom stereocenters. The van der Waals surface area contributed by atoms with Crippen LogP contribution in [-0.2, 0) is 17.9 Å². The van der Waals surface area contributed by atoms with Gasteiger partial charge in [0.05, 0.1) is 6.54 Å². The monoisotopic (exact) mass is 265 g/mol. The van der Waals surface area contributed by atoms with Crippen LogP contribution in [0.2, 0.25) is 0 Å². The van der Waals surface area contributed by atoms with E-state index >= 15 is 0 Å². The van der Waals surface area contributed by atoms with Crippen molar-refractivity contribution in [3.05, 3.63) is 34.3 Å². The quantitative estimate of drug-likeness (QED) is 0.543. The highest BCUT2D eigenvalue weighted by Gasteiger charge is 2.04. The maximum Gasteiger partial charge on any atom is 0.158 e. The molecular weight excluding hydrogens is 250 g/mol. The smallest absolute Gasteiger partial charge is 0.158 e. The number of rotatable bonds is 6. The normalized spacial score (nSPS) is 10.3. The first-order valence-electron chi connectivity index (χ1n) is 5.41. The number of nitrogens with one attached hydrogen (secondary N) is 2. The number of methoxy groups -OCH3 is 1. The lowest BCUT2D eigenvalue weighted by Gasteiger charge is -2.08. The number of nitrogen functional groups attached to an aromatic ring is 1. The van der Waals surface area contributed by atoms with Crippen molar-refractivity contribution in [2.45, 2.75) is 13.2 Å². The van der Waals surface area contributed by atoms with Crippen molar-refractivity contribution in [2.24, 2.45) is 5.84 Å². The van der Waals surface area contributed by atoms with Crippen molar-refractivity contribution in [1.82, 2.24) is 9.97 Å². The van der Waals surface area contributed by atoms with E-state index < -0.39 is 0 Å². The first-order chi connectivity index (χ1) is 8.81. The van der Waals surface area contributed by atoms with E-state index in [9.17, 15) is 0 Å². The molecule has 0 saturated carbocycles. The number of hydrogen-bond acceptors (Lipinski definition) is 7. The molecule has 96 valence electrons. The molecule has 0 saturated heterocycles. The lowest BCUT2D eigenvalue weighted by atomic mass is 10.4. The van der Waals surface area contributed by atoms with Crippen molar-refractivity contribution < 1.29 is 4.74 Å². The molecular formula is C11H15N5OS. The number of nitrogens with zero attached hydrogens (tertiary/aromatic N) is 2. The van der Waals surface area contributed by atoms with Gasteiger partial charge in [0.15, 0.2) is 5.82 Å². The van der Waals surface area contributed by atoms with Crippen LogP contribution in [-0.4, -0.2) is 17.1 Å². The molecule has 0 atom stereocenters. The number of hydrazine groups is 1. The van der Waals surface area contributed by atoms with Gasteiger partial charge in [0.1, 0.15) is 18.2 Å². The van der Waals surface area contributed by atoms with Gasteiger partial charge < -0.3 is 15.5 Å². The van der Waals surface area contributed by atoms with E-state index in [0.717, 1.165) is 12.4 Å². The molecule has 0 fully saturated rings. The molecule has 2 heterocycles. The number of hydrogen-bond donors (Lipinski definition) is 3. The predicted octanol–water partition coefficient (Wildman–Crippen LogP) is 1.58. The molecule has 0 aliphatic heterocycles. The zero-order valence-electron chi connectivity index (χ0n) is 10.0. The van der Waals surface area contributed by atoms with Gasteiger partial charge in [-0.2, -0.15) is 0 Å². The van der Waals surface area contributed by atoms with Gasteiger partial charge in [-0.1, -0.05) is 6.07 Å². The Balaban J connectivity index is 2.08. The van der Waals surface area contributed by atoms with E-state index in [0.29, 0.717) is 18.2 Å². The second-order valence-corrected chi connectivity index (χ2v) is 4.60. The average Bonchev–Trinajstić information content (AvgIpc) is 2.89. The Morgan fingerprint density at radius 2 is 2.22 bits per heavy atom. The van der Waals surface area contributed by atoms with E-state index in [1.54, 1.807) is 24.5 Å². The van der Waals surface area contributed by atoms with Gasteiger partial charge in [-0.15, -0.1) is 11.3 Å². The Hall–Kier alpha value is -1.70. The van der Waals surface area contributed by atoms with E-state index in [-0.39, 0.29) is 0 Å². The van der Waals surface area contributed by atoms with Gasteiger partial charge in [-0.3, -0.25) is 0 Å². The average molecular weight is 265 g/mol. The van der Waals surface area contributed by atoms with Crippen LogP contribution in [0.25, 0.3) is 0 Å². The lowest BCUT2D eigenvalue weighted by Crippen LogP contribution is -2.12. The fraction of sp³-hybridized carbons (Fsp3) is 0.273. The third-order valence-electron chi connectivity index (χ3n) is 2.22. The van der Waals surface area contributed by atoms with E-state index in [1.807, 2.05) is 11.4 Å². The van der Waals surface area contributed by atoms with E-state index in [4.69, 9.17) is 10.6 Å². The number of thiophene rings is 1. The van der Waals surface area contributed by atoms with Gasteiger partial charge >= 0.3 is 0 Å². The van der Waals surface area contributed by atoms with Crippen molar-refractivity contribution in [1.29, 1.82) is 0 Å². The summed E-state index contributed by atoms with van der Waals surface area (Å²) in [5, 5.41) is 5.27. The second kappa shape index (κ2) is 6.29. The number of aromatic nitrogens is 2. The van der Waals surface area contributed by atoms with Crippen LogP contribution in [0.4, 0.5) is 11.6 Å². The molecule has 6 nitrogen and oxygen atoms in total. The van der Waals surface area contributed by atoms with Crippen LogP contribution in [0.3, 0.4) is 0 Å². The van der Waals surface area contributed by atoms with Gasteiger partial charge in [-0.25, -0.2) is 15.8 Å². The number of nitrogens with two attached hydrogens (primary N) is 1. The Morgan fingerprint density at radius 3 is 2.89 bits per heavy atom. The standard InChI is InChI=1S/C11H15N5OS/c1-17-7-11-14-9(5-10(15-11)16-12)13-6-8-3-2-4-18-8/h2-5H,6-7,12H2,1H3,(H2,13,14,15,16). The van der Waals surface area contributed by atoms with Gasteiger partial charge in [0, 0.05) is 18.1 Å². The molecule has 4 N–H and O–H groups in total. The molecule has 7 heteroatoms. The summed E-state index contributed by atoms with van der Waals surface area (Å²) in [4.78, 5) is 9.75. The minimum Gasteiger partial charge on any atom is -0.377 e. The molecule has 18 heavy (non-hydrogen) atoms. The van der Waals surface area contributed by atoms with Crippen LogP contribution in [0.5, 0.6) is 0 Å². The Kier molecular flexibility index (Phi) is 4.46. The van der Waals surface area contributed by atoms with Gasteiger partial charge in [0.2, 0.25) is 0 Å². The predicted molar refractivity (Wildman–Crippen MR) is 72.2 cm³/mol. The summed E-state index contributed by atoms with van der Waals surface area (Å²) in [6.07, 6.45) is 0.